The highest BCUT2D eigenvalue weighted by molar-refractivity contribution is 5.75. The number of aromatic nitrogens is 2. The summed E-state index contributed by atoms with van der Waals surface area (Å²) in [6, 6.07) is 4.84. The monoisotopic (exact) mass is 220 g/mol. The van der Waals surface area contributed by atoms with Gasteiger partial charge in [0.2, 0.25) is 0 Å². The van der Waals surface area contributed by atoms with Gasteiger partial charge in [-0.1, -0.05) is 0 Å². The number of hydrogen-bond acceptors (Lipinski definition) is 4. The lowest BCUT2D eigenvalue weighted by molar-refractivity contribution is 0.276. The van der Waals surface area contributed by atoms with E-state index >= 15 is 0 Å². The molecule has 0 amide bonds. The zero-order valence-corrected chi connectivity index (χ0v) is 8.88. The van der Waals surface area contributed by atoms with Crippen molar-refractivity contribution in [2.45, 2.75) is 6.54 Å². The molecule has 0 spiro atoms. The molecule has 2 heterocycles. The van der Waals surface area contributed by atoms with Gasteiger partial charge in [-0.05, 0) is 6.07 Å². The Kier molecular flexibility index (Phi) is 2.87. The number of aliphatic hydroxyl groups excluding tert-OH is 1. The first-order valence-electron chi connectivity index (χ1n) is 4.90. The summed E-state index contributed by atoms with van der Waals surface area (Å²) in [5, 5.41) is 8.92. The van der Waals surface area contributed by atoms with Crippen molar-refractivity contribution >= 4 is 11.0 Å². The van der Waals surface area contributed by atoms with Crippen LogP contribution in [0.4, 0.5) is 0 Å². The van der Waals surface area contributed by atoms with Crippen LogP contribution in [0.3, 0.4) is 0 Å². The highest BCUT2D eigenvalue weighted by atomic mass is 16.5. The predicted octanol–water partition coefficient (Wildman–Crippen LogP) is 0.397. The van der Waals surface area contributed by atoms with Crippen molar-refractivity contribution in [1.82, 2.24) is 9.55 Å². The van der Waals surface area contributed by atoms with Gasteiger partial charge in [-0.15, -0.1) is 0 Å². The van der Waals surface area contributed by atoms with Gasteiger partial charge in [0, 0.05) is 18.7 Å². The molecule has 2 aromatic rings. The van der Waals surface area contributed by atoms with Gasteiger partial charge in [-0.25, -0.2) is 0 Å². The van der Waals surface area contributed by atoms with Crippen molar-refractivity contribution in [2.75, 3.05) is 13.7 Å². The quantitative estimate of drug-likeness (QED) is 0.813. The van der Waals surface area contributed by atoms with Crippen LogP contribution in [0.2, 0.25) is 0 Å². The number of hydrogen-bond donors (Lipinski definition) is 1. The third-order valence-corrected chi connectivity index (χ3v) is 2.37. The first-order valence-corrected chi connectivity index (χ1v) is 4.90. The SMILES string of the molecule is COc1cnc2ccc(=O)n(CCO)c2c1. The molecule has 0 aliphatic carbocycles. The molecule has 0 aliphatic heterocycles. The van der Waals surface area contributed by atoms with Gasteiger partial charge in [-0.2, -0.15) is 0 Å². The van der Waals surface area contributed by atoms with Crippen molar-refractivity contribution in [1.29, 1.82) is 0 Å². The zero-order chi connectivity index (χ0) is 11.5. The second-order valence-electron chi connectivity index (χ2n) is 3.33. The van der Waals surface area contributed by atoms with Gasteiger partial charge < -0.3 is 14.4 Å². The van der Waals surface area contributed by atoms with Crippen molar-refractivity contribution in [3.63, 3.8) is 0 Å². The van der Waals surface area contributed by atoms with Crippen LogP contribution < -0.4 is 10.3 Å². The van der Waals surface area contributed by atoms with Gasteiger partial charge in [0.1, 0.15) is 5.75 Å². The van der Waals surface area contributed by atoms with Crippen LogP contribution in [0.1, 0.15) is 0 Å². The molecule has 0 atom stereocenters. The molecule has 0 saturated heterocycles. The Labute approximate surface area is 91.9 Å². The molecular weight excluding hydrogens is 208 g/mol. The number of methoxy groups -OCH3 is 1. The van der Waals surface area contributed by atoms with E-state index in [4.69, 9.17) is 9.84 Å². The van der Waals surface area contributed by atoms with Crippen LogP contribution in [0, 0.1) is 0 Å². The van der Waals surface area contributed by atoms with Crippen LogP contribution in [0.5, 0.6) is 5.75 Å². The smallest absolute Gasteiger partial charge is 0.251 e. The van der Waals surface area contributed by atoms with Crippen LogP contribution in [0.15, 0.2) is 29.2 Å². The summed E-state index contributed by atoms with van der Waals surface area (Å²) in [6.45, 7) is 0.168. The van der Waals surface area contributed by atoms with Gasteiger partial charge in [0.15, 0.2) is 0 Å². The fourth-order valence-corrected chi connectivity index (χ4v) is 1.59. The Morgan fingerprint density at radius 1 is 1.50 bits per heavy atom. The molecule has 2 rings (SSSR count). The van der Waals surface area contributed by atoms with E-state index in [0.29, 0.717) is 16.8 Å². The van der Waals surface area contributed by atoms with E-state index in [1.165, 1.54) is 10.6 Å². The predicted molar refractivity (Wildman–Crippen MR) is 59.6 cm³/mol. The van der Waals surface area contributed by atoms with Crippen LogP contribution in [-0.2, 0) is 6.54 Å². The minimum atomic E-state index is -0.156. The second kappa shape index (κ2) is 4.32. The fraction of sp³-hybridized carbons (Fsp3) is 0.273. The number of nitrogens with zero attached hydrogens (tertiary/aromatic N) is 2. The first-order chi connectivity index (χ1) is 7.76. The molecule has 0 unspecified atom stereocenters. The highest BCUT2D eigenvalue weighted by Gasteiger charge is 2.04. The Balaban J connectivity index is 2.72. The molecular formula is C11H12N2O3. The van der Waals surface area contributed by atoms with E-state index in [1.807, 2.05) is 0 Å². The van der Waals surface area contributed by atoms with Gasteiger partial charge in [0.05, 0.1) is 30.9 Å². The summed E-state index contributed by atoms with van der Waals surface area (Å²) in [4.78, 5) is 15.8. The Bertz CT molecular complexity index is 563. The van der Waals surface area contributed by atoms with E-state index in [0.717, 1.165) is 0 Å². The van der Waals surface area contributed by atoms with E-state index in [2.05, 4.69) is 4.98 Å². The number of aliphatic hydroxyl groups is 1. The maximum atomic E-state index is 11.6. The molecule has 0 aromatic carbocycles. The average Bonchev–Trinajstić information content (AvgIpc) is 2.32. The van der Waals surface area contributed by atoms with Crippen molar-refractivity contribution in [3.8, 4) is 5.75 Å². The topological polar surface area (TPSA) is 64.3 Å². The third kappa shape index (κ3) is 1.77. The number of rotatable bonds is 3. The number of ether oxygens (including phenoxy) is 1. The summed E-state index contributed by atoms with van der Waals surface area (Å²) >= 11 is 0. The normalized spacial score (nSPS) is 10.6. The van der Waals surface area contributed by atoms with E-state index in [9.17, 15) is 4.79 Å². The van der Waals surface area contributed by atoms with Crippen LogP contribution in [0.25, 0.3) is 11.0 Å². The molecule has 0 fully saturated rings. The number of fused-ring (bicyclic) bond motifs is 1. The molecule has 0 bridgehead atoms. The van der Waals surface area contributed by atoms with Crippen LogP contribution >= 0.6 is 0 Å². The maximum Gasteiger partial charge on any atom is 0.251 e. The Morgan fingerprint density at radius 3 is 3.00 bits per heavy atom. The minimum Gasteiger partial charge on any atom is -0.495 e. The Hall–Kier alpha value is -1.88. The summed E-state index contributed by atoms with van der Waals surface area (Å²) in [7, 11) is 1.54. The molecule has 16 heavy (non-hydrogen) atoms. The number of pyridine rings is 2. The third-order valence-electron chi connectivity index (χ3n) is 2.37. The standard InChI is InChI=1S/C11H12N2O3/c1-16-8-6-10-9(12-7-8)2-3-11(15)13(10)4-5-14/h2-3,6-7,14H,4-5H2,1H3. The average molecular weight is 220 g/mol. The van der Waals surface area contributed by atoms with E-state index in [1.54, 1.807) is 25.4 Å². The maximum absolute atomic E-state index is 11.6. The van der Waals surface area contributed by atoms with E-state index < -0.39 is 0 Å². The lowest BCUT2D eigenvalue weighted by Crippen LogP contribution is -2.21. The fourth-order valence-electron chi connectivity index (χ4n) is 1.59. The van der Waals surface area contributed by atoms with Crippen LogP contribution in [-0.4, -0.2) is 28.4 Å². The van der Waals surface area contributed by atoms with Crippen molar-refractivity contribution in [3.05, 3.63) is 34.7 Å². The van der Waals surface area contributed by atoms with Crippen molar-refractivity contribution < 1.29 is 9.84 Å². The first kappa shape index (κ1) is 10.6. The molecule has 84 valence electrons. The Morgan fingerprint density at radius 2 is 2.31 bits per heavy atom. The zero-order valence-electron chi connectivity index (χ0n) is 8.88. The summed E-state index contributed by atoms with van der Waals surface area (Å²) in [6.07, 6.45) is 1.59. The van der Waals surface area contributed by atoms with Gasteiger partial charge >= 0.3 is 0 Å². The molecule has 0 radical (unpaired) electrons. The molecule has 5 nitrogen and oxygen atoms in total. The molecule has 1 N–H and O–H groups in total. The minimum absolute atomic E-state index is 0.0871. The van der Waals surface area contributed by atoms with Gasteiger partial charge in [-0.3, -0.25) is 9.78 Å². The molecule has 0 aliphatic rings. The molecule has 0 saturated carbocycles. The van der Waals surface area contributed by atoms with Crippen molar-refractivity contribution in [2.24, 2.45) is 0 Å². The summed E-state index contributed by atoms with van der Waals surface area (Å²) in [5.41, 5.74) is 1.21. The highest BCUT2D eigenvalue weighted by Crippen LogP contribution is 2.16. The largest absolute Gasteiger partial charge is 0.495 e. The lowest BCUT2D eigenvalue weighted by atomic mass is 10.3. The lowest BCUT2D eigenvalue weighted by Gasteiger charge is -2.08. The molecule has 5 heteroatoms. The molecule has 2 aromatic heterocycles. The summed E-state index contributed by atoms with van der Waals surface area (Å²) < 4.78 is 6.53. The van der Waals surface area contributed by atoms with Gasteiger partial charge in [0.25, 0.3) is 5.56 Å². The summed E-state index contributed by atoms with van der Waals surface area (Å²) in [5.74, 6) is 0.588. The van der Waals surface area contributed by atoms with E-state index in [-0.39, 0.29) is 18.7 Å². The second-order valence-corrected chi connectivity index (χ2v) is 3.33.